The van der Waals surface area contributed by atoms with Crippen LogP contribution in [0.2, 0.25) is 5.02 Å². The molecule has 0 aliphatic rings. The highest BCUT2D eigenvalue weighted by Crippen LogP contribution is 2.37. The van der Waals surface area contributed by atoms with Gasteiger partial charge in [-0.25, -0.2) is 22.3 Å². The lowest BCUT2D eigenvalue weighted by molar-refractivity contribution is 0.0721. The van der Waals surface area contributed by atoms with E-state index in [2.05, 4.69) is 15.9 Å². The van der Waals surface area contributed by atoms with E-state index < -0.39 is 45.1 Å². The third kappa shape index (κ3) is 5.75. The number of halogens is 2. The number of benzene rings is 1. The number of ether oxygens (including phenoxy) is 3. The van der Waals surface area contributed by atoms with Crippen LogP contribution >= 0.6 is 27.5 Å². The topological polar surface area (TPSA) is 99.2 Å². The average Bonchev–Trinajstić information content (AvgIpc) is 2.47. The van der Waals surface area contributed by atoms with Crippen LogP contribution in [0.15, 0.2) is 21.5 Å². The molecule has 1 aromatic rings. The Morgan fingerprint density at radius 2 is 1.65 bits per heavy atom. The maximum absolute atomic E-state index is 12.8. The Bertz CT molecular complexity index is 795. The molecule has 1 aromatic carbocycles. The van der Waals surface area contributed by atoms with Gasteiger partial charge in [0.25, 0.3) is 10.0 Å². The van der Waals surface area contributed by atoms with Gasteiger partial charge in [-0.05, 0) is 39.8 Å². The third-order valence-corrected chi connectivity index (χ3v) is 5.19. The van der Waals surface area contributed by atoms with Crippen LogP contribution in [0.1, 0.15) is 27.7 Å². The monoisotopic (exact) mass is 471 g/mol. The molecular weight excluding hydrogens is 454 g/mol. The fraction of sp³-hybridized carbons (Fsp3) is 0.467. The minimum Gasteiger partial charge on any atom is -0.446 e. The van der Waals surface area contributed by atoms with E-state index in [4.69, 9.17) is 25.8 Å². The largest absolute Gasteiger partial charge is 0.514 e. The van der Waals surface area contributed by atoms with Crippen molar-refractivity contribution in [2.24, 2.45) is 0 Å². The van der Waals surface area contributed by atoms with Crippen LogP contribution in [0.25, 0.3) is 0 Å². The number of amides is 1. The number of rotatable bonds is 5. The molecule has 0 aliphatic heterocycles. The van der Waals surface area contributed by atoms with Crippen LogP contribution in [0.5, 0.6) is 5.75 Å². The SMILES string of the molecule is CC(C)OC(=O)Oc1c(Cl)cc(Br)cc1S(=O)(=O)N(C)C(=O)OC(C)C. The van der Waals surface area contributed by atoms with Gasteiger partial charge < -0.3 is 14.2 Å². The molecule has 26 heavy (non-hydrogen) atoms. The Morgan fingerprint density at radius 3 is 2.15 bits per heavy atom. The number of hydrogen-bond donors (Lipinski definition) is 0. The molecule has 8 nitrogen and oxygen atoms in total. The fourth-order valence-electron chi connectivity index (χ4n) is 1.65. The Labute approximate surface area is 165 Å². The average molecular weight is 473 g/mol. The van der Waals surface area contributed by atoms with E-state index in [1.165, 1.54) is 6.07 Å². The van der Waals surface area contributed by atoms with Crippen molar-refractivity contribution >= 4 is 49.8 Å². The van der Waals surface area contributed by atoms with Crippen LogP contribution in [-0.2, 0) is 19.5 Å². The van der Waals surface area contributed by atoms with Gasteiger partial charge in [0.15, 0.2) is 5.75 Å². The molecule has 0 saturated carbocycles. The van der Waals surface area contributed by atoms with Crippen LogP contribution < -0.4 is 4.74 Å². The molecule has 1 rings (SSSR count). The number of nitrogens with zero attached hydrogens (tertiary/aromatic N) is 1. The summed E-state index contributed by atoms with van der Waals surface area (Å²) in [6.07, 6.45) is -3.23. The number of hydrogen-bond acceptors (Lipinski definition) is 7. The van der Waals surface area contributed by atoms with Gasteiger partial charge in [-0.15, -0.1) is 0 Å². The van der Waals surface area contributed by atoms with Crippen molar-refractivity contribution in [1.29, 1.82) is 0 Å². The van der Waals surface area contributed by atoms with E-state index in [-0.39, 0.29) is 5.02 Å². The molecule has 11 heteroatoms. The van der Waals surface area contributed by atoms with Gasteiger partial charge in [0.2, 0.25) is 0 Å². The molecule has 0 spiro atoms. The summed E-state index contributed by atoms with van der Waals surface area (Å²) in [5, 5.41) is -0.163. The predicted octanol–water partition coefficient (Wildman–Crippen LogP) is 4.19. The minimum atomic E-state index is -4.42. The Morgan fingerprint density at radius 1 is 1.12 bits per heavy atom. The van der Waals surface area contributed by atoms with Crippen LogP contribution in [-0.4, -0.2) is 44.2 Å². The highest BCUT2D eigenvalue weighted by atomic mass is 79.9. The smallest absolute Gasteiger partial charge is 0.446 e. The molecule has 0 radical (unpaired) electrons. The molecule has 0 unspecified atom stereocenters. The lowest BCUT2D eigenvalue weighted by Gasteiger charge is -2.21. The van der Waals surface area contributed by atoms with Crippen LogP contribution in [0.4, 0.5) is 9.59 Å². The number of carbonyl (C=O) groups is 2. The quantitative estimate of drug-likeness (QED) is 0.468. The minimum absolute atomic E-state index is 0.163. The van der Waals surface area contributed by atoms with Gasteiger partial charge in [-0.1, -0.05) is 27.5 Å². The van der Waals surface area contributed by atoms with Crippen LogP contribution in [0.3, 0.4) is 0 Å². The zero-order valence-electron chi connectivity index (χ0n) is 14.8. The normalized spacial score (nSPS) is 11.4. The second-order valence-corrected chi connectivity index (χ2v) is 8.90. The zero-order valence-corrected chi connectivity index (χ0v) is 17.9. The summed E-state index contributed by atoms with van der Waals surface area (Å²) in [6, 6.07) is 2.49. The van der Waals surface area contributed by atoms with Crippen molar-refractivity contribution in [3.05, 3.63) is 21.6 Å². The van der Waals surface area contributed by atoms with Gasteiger partial charge in [-0.3, -0.25) is 0 Å². The summed E-state index contributed by atoms with van der Waals surface area (Å²) in [6.45, 7) is 6.34. The molecule has 0 N–H and O–H groups in total. The predicted molar refractivity (Wildman–Crippen MR) is 98.0 cm³/mol. The summed E-state index contributed by atoms with van der Waals surface area (Å²) >= 11 is 9.15. The van der Waals surface area contributed by atoms with Crippen molar-refractivity contribution < 1.29 is 32.2 Å². The zero-order chi connectivity index (χ0) is 20.2. The molecular formula is C15H19BrClNO7S. The van der Waals surface area contributed by atoms with Gasteiger partial charge >= 0.3 is 12.2 Å². The van der Waals surface area contributed by atoms with Crippen molar-refractivity contribution in [2.45, 2.75) is 44.8 Å². The first kappa shape index (κ1) is 22.5. The highest BCUT2D eigenvalue weighted by Gasteiger charge is 2.33. The van der Waals surface area contributed by atoms with Gasteiger partial charge in [0.05, 0.1) is 17.2 Å². The van der Waals surface area contributed by atoms with E-state index in [9.17, 15) is 18.0 Å². The van der Waals surface area contributed by atoms with E-state index in [0.29, 0.717) is 8.78 Å². The summed E-state index contributed by atoms with van der Waals surface area (Å²) < 4.78 is 41.0. The molecule has 0 bridgehead atoms. The Kier molecular flexibility index (Phi) is 7.72. The summed E-state index contributed by atoms with van der Waals surface area (Å²) in [4.78, 5) is 23.2. The number of sulfonamides is 1. The Balaban J connectivity index is 3.37. The van der Waals surface area contributed by atoms with Gasteiger partial charge in [0, 0.05) is 11.5 Å². The molecule has 0 saturated heterocycles. The van der Waals surface area contributed by atoms with Gasteiger partial charge in [-0.2, -0.15) is 0 Å². The second kappa shape index (κ2) is 8.92. The van der Waals surface area contributed by atoms with Crippen molar-refractivity contribution in [3.8, 4) is 5.75 Å². The Hall–Kier alpha value is -1.52. The maximum atomic E-state index is 12.8. The molecule has 0 aromatic heterocycles. The highest BCUT2D eigenvalue weighted by molar-refractivity contribution is 9.10. The van der Waals surface area contributed by atoms with Crippen molar-refractivity contribution in [1.82, 2.24) is 4.31 Å². The molecule has 0 aliphatic carbocycles. The summed E-state index contributed by atoms with van der Waals surface area (Å²) in [7, 11) is -3.40. The van der Waals surface area contributed by atoms with E-state index in [1.54, 1.807) is 27.7 Å². The second-order valence-electron chi connectivity index (χ2n) is 5.64. The van der Waals surface area contributed by atoms with Crippen molar-refractivity contribution in [3.63, 3.8) is 0 Å². The number of carbonyl (C=O) groups excluding carboxylic acids is 2. The first-order chi connectivity index (χ1) is 11.9. The maximum Gasteiger partial charge on any atom is 0.514 e. The summed E-state index contributed by atoms with van der Waals surface area (Å²) in [5.74, 6) is -0.454. The van der Waals surface area contributed by atoms with Crippen molar-refractivity contribution in [2.75, 3.05) is 7.05 Å². The molecule has 0 atom stereocenters. The molecule has 1 amide bonds. The lowest BCUT2D eigenvalue weighted by atomic mass is 10.3. The molecule has 0 fully saturated rings. The molecule has 0 heterocycles. The standard InChI is InChI=1S/C15H19BrClNO7S/c1-8(2)23-14(19)18(5)26(21,22)12-7-10(16)6-11(17)13(12)25-15(20)24-9(3)4/h6-9H,1-5H3. The van der Waals surface area contributed by atoms with Gasteiger partial charge in [0.1, 0.15) is 4.90 Å². The van der Waals surface area contributed by atoms with E-state index >= 15 is 0 Å². The molecule has 146 valence electrons. The van der Waals surface area contributed by atoms with E-state index in [0.717, 1.165) is 13.1 Å². The fourth-order valence-corrected chi connectivity index (χ4v) is 3.90. The lowest BCUT2D eigenvalue weighted by Crippen LogP contribution is -2.35. The first-order valence-electron chi connectivity index (χ1n) is 7.43. The summed E-state index contributed by atoms with van der Waals surface area (Å²) in [5.41, 5.74) is 0. The van der Waals surface area contributed by atoms with Crippen LogP contribution in [0, 0.1) is 0 Å². The third-order valence-electron chi connectivity index (χ3n) is 2.72. The van der Waals surface area contributed by atoms with E-state index in [1.807, 2.05) is 0 Å². The first-order valence-corrected chi connectivity index (χ1v) is 10.0.